The fourth-order valence-electron chi connectivity index (χ4n) is 8.75. The lowest BCUT2D eigenvalue weighted by Gasteiger charge is -2.35. The fourth-order valence-corrected chi connectivity index (χ4v) is 10.8. The number of thiophene rings is 1. The molecule has 7 aromatic rings. The van der Waals surface area contributed by atoms with Gasteiger partial charge in [0, 0.05) is 44.6 Å². The molecule has 77 heavy (non-hydrogen) atoms. The van der Waals surface area contributed by atoms with Gasteiger partial charge in [0.1, 0.15) is 42.5 Å². The molecule has 0 unspecified atom stereocenters. The van der Waals surface area contributed by atoms with Crippen LogP contribution in [0.3, 0.4) is 0 Å². The summed E-state index contributed by atoms with van der Waals surface area (Å²) in [7, 11) is 0. The van der Waals surface area contributed by atoms with E-state index in [9.17, 15) is 39.3 Å². The van der Waals surface area contributed by atoms with Crippen LogP contribution in [0.2, 0.25) is 0 Å². The van der Waals surface area contributed by atoms with Crippen LogP contribution in [0.25, 0.3) is 31.0 Å². The molecule has 6 N–H and O–H groups in total. The quantitative estimate of drug-likeness (QED) is 0.0173. The van der Waals surface area contributed by atoms with Gasteiger partial charge in [0.2, 0.25) is 17.7 Å². The molecule has 0 bridgehead atoms. The topological polar surface area (TPSA) is 238 Å². The van der Waals surface area contributed by atoms with E-state index in [0.717, 1.165) is 32.0 Å². The number of nitrogens with one attached hydrogen (secondary N) is 3. The minimum Gasteiger partial charge on any atom is -0.508 e. The smallest absolute Gasteiger partial charge is 0.271 e. The van der Waals surface area contributed by atoms with Crippen molar-refractivity contribution in [3.63, 3.8) is 0 Å². The second-order valence-electron chi connectivity index (χ2n) is 19.6. The maximum absolute atomic E-state index is 14.0. The number of hydrogen-bond donors (Lipinski definition) is 6. The summed E-state index contributed by atoms with van der Waals surface area (Å²) >= 11 is 2.93. The Morgan fingerprint density at radius 3 is 2.14 bits per heavy atom. The van der Waals surface area contributed by atoms with Crippen molar-refractivity contribution >= 4 is 68.4 Å². The van der Waals surface area contributed by atoms with E-state index < -0.39 is 47.2 Å². The number of aryl methyl sites for hydroxylation is 1. The number of β-amino-alcohol motifs (C(OH)–C–C–N with tert-alkyl or cyclic N) is 1. The molecule has 3 heterocycles. The minimum absolute atomic E-state index is 0.0431. The molecule has 19 heteroatoms. The highest BCUT2D eigenvalue weighted by Gasteiger charge is 2.44. The van der Waals surface area contributed by atoms with E-state index in [-0.39, 0.29) is 69.3 Å². The van der Waals surface area contributed by atoms with Crippen LogP contribution in [0.1, 0.15) is 83.3 Å². The summed E-state index contributed by atoms with van der Waals surface area (Å²) in [4.78, 5) is 75.1. The largest absolute Gasteiger partial charge is 0.508 e. The van der Waals surface area contributed by atoms with E-state index in [1.165, 1.54) is 28.5 Å². The van der Waals surface area contributed by atoms with Crippen LogP contribution < -0.4 is 20.8 Å². The van der Waals surface area contributed by atoms with E-state index in [1.54, 1.807) is 102 Å². The SMILES string of the molecule is Cc1ncsc1-c1ccc([C@H](C)NC(=O)[C@@H]2C[C@@H](O)CN2C(=O)[C@@H](NC(=O)COCCOCCOc2ccc(/C=N/NC(=O)c3ccc(C(=O)c4c(-c5ccc(O)cc5)sc5cc(O)ccc45)cc3)cc2)C(C)(C)C)cc1. The number of benzene rings is 5. The number of rotatable bonds is 21. The number of nitrogens with zero attached hydrogens (tertiary/aromatic N) is 3. The Balaban J connectivity index is 0.727. The van der Waals surface area contributed by atoms with Gasteiger partial charge in [-0.15, -0.1) is 22.7 Å². The lowest BCUT2D eigenvalue weighted by atomic mass is 9.85. The number of phenolic OH excluding ortho intramolecular Hbond substituents is 2. The van der Waals surface area contributed by atoms with E-state index in [2.05, 4.69) is 26.1 Å². The number of aliphatic hydroxyl groups excluding tert-OH is 1. The number of ketones is 1. The first-order chi connectivity index (χ1) is 36.9. The Bertz CT molecular complexity index is 3240. The molecule has 0 aliphatic carbocycles. The van der Waals surface area contributed by atoms with Crippen molar-refractivity contribution in [1.29, 1.82) is 0 Å². The van der Waals surface area contributed by atoms with Gasteiger partial charge in [-0.2, -0.15) is 5.10 Å². The number of hydrogen-bond acceptors (Lipinski definition) is 15. The Morgan fingerprint density at radius 2 is 1.45 bits per heavy atom. The van der Waals surface area contributed by atoms with E-state index in [0.29, 0.717) is 38.3 Å². The average Bonchev–Trinajstić information content (AvgIpc) is 4.15. The van der Waals surface area contributed by atoms with Gasteiger partial charge >= 0.3 is 0 Å². The molecule has 1 aliphatic heterocycles. The number of amides is 4. The van der Waals surface area contributed by atoms with Crippen molar-refractivity contribution < 1.29 is 53.5 Å². The first kappa shape index (κ1) is 55.4. The van der Waals surface area contributed by atoms with Crippen molar-refractivity contribution in [2.75, 3.05) is 39.6 Å². The van der Waals surface area contributed by atoms with Crippen molar-refractivity contribution in [3.05, 3.63) is 154 Å². The monoisotopic (exact) mass is 1080 g/mol. The lowest BCUT2D eigenvalue weighted by molar-refractivity contribution is -0.144. The number of aliphatic hydroxyl groups is 1. The number of likely N-dealkylation sites (tertiary alicyclic amines) is 1. The second kappa shape index (κ2) is 24.9. The summed E-state index contributed by atoms with van der Waals surface area (Å²) in [6.07, 6.45) is 0.654. The molecule has 0 saturated carbocycles. The van der Waals surface area contributed by atoms with Crippen LogP contribution >= 0.6 is 22.7 Å². The molecule has 0 radical (unpaired) electrons. The molecule has 4 amide bonds. The number of hydrazone groups is 1. The summed E-state index contributed by atoms with van der Waals surface area (Å²) in [5.74, 6) is -1.34. The lowest BCUT2D eigenvalue weighted by Crippen LogP contribution is -2.58. The highest BCUT2D eigenvalue weighted by molar-refractivity contribution is 7.22. The molecule has 0 spiro atoms. The molecule has 4 atom stereocenters. The predicted octanol–water partition coefficient (Wildman–Crippen LogP) is 8.19. The number of aromatic nitrogens is 1. The first-order valence-electron chi connectivity index (χ1n) is 24.9. The van der Waals surface area contributed by atoms with Crippen LogP contribution in [0.4, 0.5) is 0 Å². The van der Waals surface area contributed by atoms with Crippen molar-refractivity contribution in [2.24, 2.45) is 10.5 Å². The van der Waals surface area contributed by atoms with Gasteiger partial charge < -0.3 is 45.1 Å². The average molecular weight is 1080 g/mol. The molecule has 2 aromatic heterocycles. The number of fused-ring (bicyclic) bond motifs is 1. The predicted molar refractivity (Wildman–Crippen MR) is 295 cm³/mol. The van der Waals surface area contributed by atoms with Gasteiger partial charge in [0.25, 0.3) is 5.91 Å². The number of phenols is 2. The van der Waals surface area contributed by atoms with Crippen molar-refractivity contribution in [3.8, 4) is 38.1 Å². The summed E-state index contributed by atoms with van der Waals surface area (Å²) in [6, 6.07) is 30.3. The second-order valence-corrected chi connectivity index (χ2v) is 21.5. The van der Waals surface area contributed by atoms with E-state index in [1.807, 2.05) is 58.9 Å². The van der Waals surface area contributed by atoms with Gasteiger partial charge in [0.15, 0.2) is 5.78 Å². The third kappa shape index (κ3) is 14.0. The number of aromatic hydroxyl groups is 2. The number of carbonyl (C=O) groups excluding carboxylic acids is 5. The Labute approximate surface area is 453 Å². The van der Waals surface area contributed by atoms with Crippen LogP contribution in [0.15, 0.2) is 126 Å². The van der Waals surface area contributed by atoms with Gasteiger partial charge in [0.05, 0.1) is 54.3 Å². The molecule has 5 aromatic carbocycles. The third-order valence-electron chi connectivity index (χ3n) is 12.9. The molecule has 8 rings (SSSR count). The Kier molecular flexibility index (Phi) is 17.9. The zero-order valence-corrected chi connectivity index (χ0v) is 44.8. The van der Waals surface area contributed by atoms with Crippen molar-refractivity contribution in [1.82, 2.24) is 25.9 Å². The van der Waals surface area contributed by atoms with Crippen LogP contribution in [0, 0.1) is 12.3 Å². The molecular weight excluding hydrogens is 1020 g/mol. The third-order valence-corrected chi connectivity index (χ3v) is 15.0. The summed E-state index contributed by atoms with van der Waals surface area (Å²) < 4.78 is 17.7. The molecular formula is C58H60N6O11S2. The Hall–Kier alpha value is -7.81. The zero-order valence-electron chi connectivity index (χ0n) is 43.1. The van der Waals surface area contributed by atoms with Gasteiger partial charge in [-0.25, -0.2) is 10.4 Å². The number of ether oxygens (including phenoxy) is 3. The van der Waals surface area contributed by atoms with Crippen molar-refractivity contribution in [2.45, 2.75) is 65.3 Å². The fraction of sp³-hybridized carbons (Fsp3) is 0.293. The summed E-state index contributed by atoms with van der Waals surface area (Å²) in [6.45, 7) is 9.66. The van der Waals surface area contributed by atoms with Crippen LogP contribution in [-0.2, 0) is 23.9 Å². The summed E-state index contributed by atoms with van der Waals surface area (Å²) in [5.41, 5.74) is 9.01. The highest BCUT2D eigenvalue weighted by atomic mass is 32.1. The van der Waals surface area contributed by atoms with Gasteiger partial charge in [-0.05, 0) is 120 Å². The summed E-state index contributed by atoms with van der Waals surface area (Å²) in [5, 5.41) is 41.1. The first-order valence-corrected chi connectivity index (χ1v) is 26.6. The van der Waals surface area contributed by atoms with Crippen LogP contribution in [-0.4, -0.2) is 119 Å². The molecule has 1 fully saturated rings. The number of thiazole rings is 1. The van der Waals surface area contributed by atoms with Gasteiger partial charge in [-0.1, -0.05) is 57.2 Å². The normalized spacial score (nSPS) is 15.3. The van der Waals surface area contributed by atoms with E-state index >= 15 is 0 Å². The minimum atomic E-state index is -1.00. The number of carbonyl (C=O) groups is 5. The molecule has 400 valence electrons. The zero-order chi connectivity index (χ0) is 54.8. The Morgan fingerprint density at radius 1 is 0.805 bits per heavy atom. The van der Waals surface area contributed by atoms with Gasteiger partial charge in [-0.3, -0.25) is 24.0 Å². The highest BCUT2D eigenvalue weighted by Crippen LogP contribution is 2.41. The maximum Gasteiger partial charge on any atom is 0.271 e. The van der Waals surface area contributed by atoms with E-state index in [4.69, 9.17) is 14.2 Å². The molecule has 17 nitrogen and oxygen atoms in total. The maximum atomic E-state index is 14.0. The molecule has 1 aliphatic rings. The molecule has 1 saturated heterocycles. The standard InChI is InChI=1S/C58H60N6O11S2/c1-34(37-8-12-39(13-9-37)52-35(2)59-33-76-52)61-56(71)47-28-44(67)31-64(47)57(72)54(58(3,4)5)62-49(68)32-74-25-24-73-26-27-75-45-21-6-36(7-22-45)30-60-63-55(70)41-14-10-38(11-15-41)51(69)50-46-23-20-43(66)29-48(46)77-53(50)40-16-18-42(65)19-17-40/h6-23,29-30,33-34,44,47,54,65-67H,24-28,31-32H2,1-5H3,(H,61,71)(H,62,68)(H,63,70)/b60-30+/t34-,44+,47-,54+/m0/s1. The van der Waals surface area contributed by atoms with Crippen LogP contribution in [0.5, 0.6) is 17.2 Å².